The normalized spacial score (nSPS) is 12.7. The fraction of sp³-hybridized carbons (Fsp3) is 0.278. The molecule has 0 saturated heterocycles. The van der Waals surface area contributed by atoms with Gasteiger partial charge in [0.05, 0.1) is 12.3 Å². The minimum Gasteiger partial charge on any atom is -0.459 e. The van der Waals surface area contributed by atoms with Gasteiger partial charge < -0.3 is 19.8 Å². The van der Waals surface area contributed by atoms with E-state index >= 15 is 0 Å². The van der Waals surface area contributed by atoms with Crippen molar-refractivity contribution >= 4 is 41.0 Å². The number of carbonyl (C=O) groups is 3. The number of esters is 1. The molecule has 1 heterocycles. The second kappa shape index (κ2) is 9.43. The molecule has 2 amide bonds. The van der Waals surface area contributed by atoms with Gasteiger partial charge >= 0.3 is 5.97 Å². The molecule has 2 rings (SSSR count). The monoisotopic (exact) mass is 412 g/mol. The molecule has 0 fully saturated rings. The van der Waals surface area contributed by atoms with Gasteiger partial charge in [-0.3, -0.25) is 14.4 Å². The van der Waals surface area contributed by atoms with Crippen molar-refractivity contribution in [3.8, 4) is 0 Å². The topological polar surface area (TPSA) is 97.6 Å². The molecular weight excluding hydrogens is 395 g/mol. The van der Waals surface area contributed by atoms with Crippen molar-refractivity contribution < 1.29 is 23.5 Å². The average Bonchev–Trinajstić information content (AvgIpc) is 3.14. The summed E-state index contributed by atoms with van der Waals surface area (Å²) in [6, 6.07) is 7.54. The third-order valence-electron chi connectivity index (χ3n) is 3.60. The van der Waals surface area contributed by atoms with Gasteiger partial charge in [-0.15, -0.1) is 0 Å². The van der Waals surface area contributed by atoms with Gasteiger partial charge in [-0.1, -0.05) is 29.3 Å². The van der Waals surface area contributed by atoms with Crippen molar-refractivity contribution in [2.75, 3.05) is 6.54 Å². The largest absolute Gasteiger partial charge is 0.459 e. The molecule has 2 atom stereocenters. The molecule has 7 nitrogen and oxygen atoms in total. The van der Waals surface area contributed by atoms with E-state index in [1.807, 2.05) is 0 Å². The molecule has 0 aliphatic rings. The molecule has 0 bridgehead atoms. The molecule has 27 heavy (non-hydrogen) atoms. The lowest BCUT2D eigenvalue weighted by Gasteiger charge is -2.19. The number of nitrogens with one attached hydrogen (secondary N) is 2. The van der Waals surface area contributed by atoms with E-state index in [2.05, 4.69) is 10.6 Å². The van der Waals surface area contributed by atoms with Gasteiger partial charge in [0, 0.05) is 10.0 Å². The third kappa shape index (κ3) is 6.01. The van der Waals surface area contributed by atoms with Gasteiger partial charge in [-0.25, -0.2) is 0 Å². The fourth-order valence-corrected chi connectivity index (χ4v) is 2.77. The van der Waals surface area contributed by atoms with Crippen LogP contribution < -0.4 is 10.6 Å². The molecule has 9 heteroatoms. The lowest BCUT2D eigenvalue weighted by atomic mass is 10.1. The summed E-state index contributed by atoms with van der Waals surface area (Å²) in [6.07, 6.45) is 0.292. The Bertz CT molecular complexity index is 823. The molecule has 1 aromatic carbocycles. The molecule has 0 aliphatic heterocycles. The Morgan fingerprint density at radius 3 is 2.56 bits per heavy atom. The maximum absolute atomic E-state index is 12.2. The van der Waals surface area contributed by atoms with Gasteiger partial charge in [0.15, 0.2) is 11.9 Å². The number of furan rings is 1. The summed E-state index contributed by atoms with van der Waals surface area (Å²) >= 11 is 12.0. The number of rotatable bonds is 7. The first-order valence-corrected chi connectivity index (χ1v) is 8.80. The van der Waals surface area contributed by atoms with E-state index in [0.29, 0.717) is 15.6 Å². The van der Waals surface area contributed by atoms with Gasteiger partial charge in [0.25, 0.3) is 11.8 Å². The lowest BCUT2D eigenvalue weighted by Crippen LogP contribution is -2.39. The summed E-state index contributed by atoms with van der Waals surface area (Å²) in [5.74, 6) is -1.74. The van der Waals surface area contributed by atoms with Crippen molar-refractivity contribution in [3.05, 3.63) is 58.0 Å². The van der Waals surface area contributed by atoms with E-state index in [0.717, 1.165) is 0 Å². The molecule has 2 aromatic rings. The minimum atomic E-state index is -1.05. The van der Waals surface area contributed by atoms with Crippen molar-refractivity contribution in [1.82, 2.24) is 10.6 Å². The van der Waals surface area contributed by atoms with Crippen LogP contribution in [0.5, 0.6) is 0 Å². The maximum Gasteiger partial charge on any atom is 0.326 e. The van der Waals surface area contributed by atoms with Crippen LogP contribution >= 0.6 is 23.2 Å². The Balaban J connectivity index is 1.82. The predicted octanol–water partition coefficient (Wildman–Crippen LogP) is 3.13. The Morgan fingerprint density at radius 1 is 1.19 bits per heavy atom. The third-order valence-corrected chi connectivity index (χ3v) is 4.17. The second-order valence-electron chi connectivity index (χ2n) is 5.69. The van der Waals surface area contributed by atoms with Crippen molar-refractivity contribution in [2.45, 2.75) is 26.0 Å². The zero-order valence-electron chi connectivity index (χ0n) is 14.6. The predicted molar refractivity (Wildman–Crippen MR) is 99.6 cm³/mol. The zero-order chi connectivity index (χ0) is 20.0. The number of halogens is 2. The molecular formula is C18H18Cl2N2O5. The highest BCUT2D eigenvalue weighted by Crippen LogP contribution is 2.26. The maximum atomic E-state index is 12.2. The van der Waals surface area contributed by atoms with Gasteiger partial charge in [0.1, 0.15) is 6.54 Å². The standard InChI is InChI=1S/C18H18Cl2N2O5/c1-10(13-6-5-12(19)8-14(13)20)22-17(24)11(2)27-16(23)9-21-18(25)15-4-3-7-26-15/h3-8,10-11H,9H2,1-2H3,(H,21,25)(H,22,24)/t10-,11-/m0/s1. The minimum absolute atomic E-state index is 0.0715. The Kier molecular flexibility index (Phi) is 7.27. The Hall–Kier alpha value is -2.51. The van der Waals surface area contributed by atoms with Crippen LogP contribution in [0.2, 0.25) is 10.0 Å². The van der Waals surface area contributed by atoms with E-state index in [4.69, 9.17) is 32.4 Å². The zero-order valence-corrected chi connectivity index (χ0v) is 16.1. The van der Waals surface area contributed by atoms with Crippen LogP contribution in [0.1, 0.15) is 36.0 Å². The lowest BCUT2D eigenvalue weighted by molar-refractivity contribution is -0.154. The van der Waals surface area contributed by atoms with Crippen LogP contribution in [0.15, 0.2) is 41.0 Å². The highest BCUT2D eigenvalue weighted by atomic mass is 35.5. The van der Waals surface area contributed by atoms with Crippen molar-refractivity contribution in [2.24, 2.45) is 0 Å². The molecule has 144 valence electrons. The highest BCUT2D eigenvalue weighted by molar-refractivity contribution is 6.35. The Morgan fingerprint density at radius 2 is 1.93 bits per heavy atom. The molecule has 0 unspecified atom stereocenters. The molecule has 1 aromatic heterocycles. The van der Waals surface area contributed by atoms with Crippen LogP contribution in [0.4, 0.5) is 0 Å². The SMILES string of the molecule is C[C@H](OC(=O)CNC(=O)c1ccco1)C(=O)N[C@@H](C)c1ccc(Cl)cc1Cl. The van der Waals surface area contributed by atoms with Crippen LogP contribution in [0, 0.1) is 0 Å². The second-order valence-corrected chi connectivity index (χ2v) is 6.53. The summed E-state index contributed by atoms with van der Waals surface area (Å²) in [6.45, 7) is 2.78. The van der Waals surface area contributed by atoms with Crippen LogP contribution in [-0.2, 0) is 14.3 Å². The first-order valence-electron chi connectivity index (χ1n) is 8.04. The van der Waals surface area contributed by atoms with E-state index in [1.165, 1.54) is 19.3 Å². The molecule has 0 aliphatic carbocycles. The average molecular weight is 413 g/mol. The number of hydrogen-bond acceptors (Lipinski definition) is 5. The summed E-state index contributed by atoms with van der Waals surface area (Å²) in [5.41, 5.74) is 0.679. The van der Waals surface area contributed by atoms with Gasteiger partial charge in [-0.2, -0.15) is 0 Å². The van der Waals surface area contributed by atoms with E-state index < -0.39 is 36.5 Å². The van der Waals surface area contributed by atoms with Crippen molar-refractivity contribution in [1.29, 1.82) is 0 Å². The summed E-state index contributed by atoms with van der Waals surface area (Å²) in [5, 5.41) is 5.95. The van der Waals surface area contributed by atoms with Crippen molar-refractivity contribution in [3.63, 3.8) is 0 Å². The summed E-state index contributed by atoms with van der Waals surface area (Å²) in [7, 11) is 0. The first kappa shape index (κ1) is 20.8. The van der Waals surface area contributed by atoms with Crippen LogP contribution in [0.3, 0.4) is 0 Å². The van der Waals surface area contributed by atoms with Crippen LogP contribution in [-0.4, -0.2) is 30.4 Å². The first-order chi connectivity index (χ1) is 12.8. The van der Waals surface area contributed by atoms with E-state index in [-0.39, 0.29) is 5.76 Å². The van der Waals surface area contributed by atoms with Gasteiger partial charge in [-0.05, 0) is 43.7 Å². The quantitative estimate of drug-likeness (QED) is 0.680. The van der Waals surface area contributed by atoms with E-state index in [1.54, 1.807) is 31.2 Å². The molecule has 0 saturated carbocycles. The molecule has 2 N–H and O–H groups in total. The summed E-state index contributed by atoms with van der Waals surface area (Å²) in [4.78, 5) is 35.7. The number of ether oxygens (including phenoxy) is 1. The molecule has 0 radical (unpaired) electrons. The number of hydrogen-bond donors (Lipinski definition) is 2. The molecule has 0 spiro atoms. The number of benzene rings is 1. The highest BCUT2D eigenvalue weighted by Gasteiger charge is 2.21. The number of carbonyl (C=O) groups excluding carboxylic acids is 3. The van der Waals surface area contributed by atoms with Gasteiger partial charge in [0.2, 0.25) is 0 Å². The smallest absolute Gasteiger partial charge is 0.326 e. The Labute approximate surface area is 166 Å². The number of amides is 2. The van der Waals surface area contributed by atoms with Crippen LogP contribution in [0.25, 0.3) is 0 Å². The van der Waals surface area contributed by atoms with E-state index in [9.17, 15) is 14.4 Å². The summed E-state index contributed by atoms with van der Waals surface area (Å²) < 4.78 is 9.92. The fourth-order valence-electron chi connectivity index (χ4n) is 2.20.